The first-order valence-corrected chi connectivity index (χ1v) is 8.73. The van der Waals surface area contributed by atoms with Gasteiger partial charge in [-0.3, -0.25) is 4.79 Å². The van der Waals surface area contributed by atoms with Crippen molar-refractivity contribution in [3.63, 3.8) is 0 Å². The molecule has 1 aliphatic heterocycles. The standard InChI is InChI=1S/C21H23N3O3/c1-4-12-24-17-11-10-16(13-18(17)27-14-21(2,3)19(24)25)23-20(26)22-15-8-6-5-7-9-15/h4-11,13H,1,12,14H2,2-3H3,(H2,22,23,26). The molecule has 0 atom stereocenters. The fourth-order valence-corrected chi connectivity index (χ4v) is 2.85. The van der Waals surface area contributed by atoms with Crippen molar-refractivity contribution < 1.29 is 14.3 Å². The van der Waals surface area contributed by atoms with Crippen LogP contribution in [0.5, 0.6) is 5.75 Å². The Bertz CT molecular complexity index is 862. The van der Waals surface area contributed by atoms with E-state index in [0.717, 1.165) is 0 Å². The predicted octanol–water partition coefficient (Wildman–Crippen LogP) is 4.27. The van der Waals surface area contributed by atoms with Crippen LogP contribution in [0.15, 0.2) is 61.2 Å². The number of hydrogen-bond acceptors (Lipinski definition) is 3. The molecule has 0 radical (unpaired) electrons. The second-order valence-electron chi connectivity index (χ2n) is 7.00. The normalized spacial score (nSPS) is 15.2. The lowest BCUT2D eigenvalue weighted by atomic mass is 9.93. The van der Waals surface area contributed by atoms with Crippen LogP contribution < -0.4 is 20.3 Å². The summed E-state index contributed by atoms with van der Waals surface area (Å²) in [7, 11) is 0. The Labute approximate surface area is 158 Å². The molecule has 6 heteroatoms. The number of nitrogens with one attached hydrogen (secondary N) is 2. The lowest BCUT2D eigenvalue weighted by Gasteiger charge is -2.27. The molecule has 2 N–H and O–H groups in total. The second kappa shape index (κ2) is 7.53. The van der Waals surface area contributed by atoms with E-state index in [4.69, 9.17) is 4.74 Å². The molecule has 0 aromatic heterocycles. The van der Waals surface area contributed by atoms with Crippen LogP contribution in [0.1, 0.15) is 13.8 Å². The van der Waals surface area contributed by atoms with Crippen LogP contribution in [0.3, 0.4) is 0 Å². The summed E-state index contributed by atoms with van der Waals surface area (Å²) >= 11 is 0. The Morgan fingerprint density at radius 1 is 1.19 bits per heavy atom. The quantitative estimate of drug-likeness (QED) is 0.795. The average Bonchev–Trinajstić information content (AvgIpc) is 2.73. The summed E-state index contributed by atoms with van der Waals surface area (Å²) in [6, 6.07) is 14.1. The van der Waals surface area contributed by atoms with E-state index in [9.17, 15) is 9.59 Å². The third kappa shape index (κ3) is 4.11. The van der Waals surface area contributed by atoms with Crippen LogP contribution in [-0.2, 0) is 4.79 Å². The third-order valence-corrected chi connectivity index (χ3v) is 4.26. The SMILES string of the molecule is C=CCN1C(=O)C(C)(C)COc2cc(NC(=O)Nc3ccccc3)ccc21. The van der Waals surface area contributed by atoms with Crippen LogP contribution in [0.4, 0.5) is 21.9 Å². The highest BCUT2D eigenvalue weighted by Gasteiger charge is 2.37. The summed E-state index contributed by atoms with van der Waals surface area (Å²) in [5.41, 5.74) is 1.29. The highest BCUT2D eigenvalue weighted by atomic mass is 16.5. The molecule has 2 aromatic rings. The Morgan fingerprint density at radius 2 is 1.89 bits per heavy atom. The number of amides is 3. The number of para-hydroxylation sites is 1. The third-order valence-electron chi connectivity index (χ3n) is 4.26. The van der Waals surface area contributed by atoms with E-state index in [0.29, 0.717) is 29.4 Å². The molecule has 2 aromatic carbocycles. The topological polar surface area (TPSA) is 70.7 Å². The number of anilines is 3. The minimum atomic E-state index is -0.652. The summed E-state index contributed by atoms with van der Waals surface area (Å²) in [6.07, 6.45) is 1.68. The van der Waals surface area contributed by atoms with Crippen LogP contribution >= 0.6 is 0 Å². The van der Waals surface area contributed by atoms with Crippen molar-refractivity contribution in [3.8, 4) is 5.75 Å². The molecule has 27 heavy (non-hydrogen) atoms. The second-order valence-corrected chi connectivity index (χ2v) is 7.00. The first-order valence-electron chi connectivity index (χ1n) is 8.73. The fourth-order valence-electron chi connectivity index (χ4n) is 2.85. The molecule has 0 spiro atoms. The van der Waals surface area contributed by atoms with E-state index >= 15 is 0 Å². The minimum Gasteiger partial charge on any atom is -0.490 e. The Hall–Kier alpha value is -3.28. The van der Waals surface area contributed by atoms with Gasteiger partial charge >= 0.3 is 6.03 Å². The van der Waals surface area contributed by atoms with Crippen molar-refractivity contribution in [2.45, 2.75) is 13.8 Å². The van der Waals surface area contributed by atoms with Gasteiger partial charge in [0.15, 0.2) is 0 Å². The summed E-state index contributed by atoms with van der Waals surface area (Å²) in [4.78, 5) is 26.7. The molecule has 1 aliphatic rings. The van der Waals surface area contributed by atoms with E-state index in [1.165, 1.54) is 0 Å². The number of urea groups is 1. The van der Waals surface area contributed by atoms with Crippen molar-refractivity contribution in [1.82, 2.24) is 0 Å². The van der Waals surface area contributed by atoms with Crippen molar-refractivity contribution >= 4 is 29.0 Å². The van der Waals surface area contributed by atoms with Gasteiger partial charge in [0.2, 0.25) is 5.91 Å². The Kier molecular flexibility index (Phi) is 5.16. The van der Waals surface area contributed by atoms with Gasteiger partial charge in [-0.25, -0.2) is 4.79 Å². The maximum Gasteiger partial charge on any atom is 0.323 e. The van der Waals surface area contributed by atoms with Crippen LogP contribution in [-0.4, -0.2) is 25.1 Å². The van der Waals surface area contributed by atoms with E-state index in [2.05, 4.69) is 17.2 Å². The maximum absolute atomic E-state index is 12.8. The molecule has 0 saturated carbocycles. The van der Waals surface area contributed by atoms with E-state index in [1.807, 2.05) is 32.0 Å². The zero-order chi connectivity index (χ0) is 19.4. The zero-order valence-electron chi connectivity index (χ0n) is 15.5. The molecule has 0 aliphatic carbocycles. The van der Waals surface area contributed by atoms with E-state index in [-0.39, 0.29) is 18.5 Å². The molecule has 0 unspecified atom stereocenters. The Morgan fingerprint density at radius 3 is 2.59 bits per heavy atom. The number of rotatable bonds is 4. The number of benzene rings is 2. The molecule has 140 valence electrons. The lowest BCUT2D eigenvalue weighted by Crippen LogP contribution is -2.42. The van der Waals surface area contributed by atoms with E-state index in [1.54, 1.807) is 41.3 Å². The van der Waals surface area contributed by atoms with Crippen LogP contribution in [0.2, 0.25) is 0 Å². The minimum absolute atomic E-state index is 0.0244. The number of carbonyl (C=O) groups excluding carboxylic acids is 2. The molecular formula is C21H23N3O3. The summed E-state index contributed by atoms with van der Waals surface area (Å²) < 4.78 is 5.88. The van der Waals surface area contributed by atoms with Gasteiger partial charge < -0.3 is 20.3 Å². The average molecular weight is 365 g/mol. The largest absolute Gasteiger partial charge is 0.490 e. The van der Waals surface area contributed by atoms with Gasteiger partial charge in [-0.15, -0.1) is 6.58 Å². The molecule has 0 fully saturated rings. The van der Waals surface area contributed by atoms with Crippen molar-refractivity contribution in [3.05, 3.63) is 61.2 Å². The van der Waals surface area contributed by atoms with E-state index < -0.39 is 5.41 Å². The van der Waals surface area contributed by atoms with Gasteiger partial charge in [-0.2, -0.15) is 0 Å². The summed E-state index contributed by atoms with van der Waals surface area (Å²) in [6.45, 7) is 8.08. The fraction of sp³-hybridized carbons (Fsp3) is 0.238. The number of nitrogens with zero attached hydrogens (tertiary/aromatic N) is 1. The van der Waals surface area contributed by atoms with Gasteiger partial charge in [0.05, 0.1) is 11.1 Å². The molecule has 3 rings (SSSR count). The van der Waals surface area contributed by atoms with Gasteiger partial charge in [0, 0.05) is 24.0 Å². The molecular weight excluding hydrogens is 342 g/mol. The number of hydrogen-bond donors (Lipinski definition) is 2. The van der Waals surface area contributed by atoms with Gasteiger partial charge in [0.25, 0.3) is 0 Å². The van der Waals surface area contributed by atoms with Crippen LogP contribution in [0, 0.1) is 5.41 Å². The Balaban J connectivity index is 1.81. The maximum atomic E-state index is 12.8. The predicted molar refractivity (Wildman–Crippen MR) is 107 cm³/mol. The highest BCUT2D eigenvalue weighted by molar-refractivity contribution is 6.02. The van der Waals surface area contributed by atoms with Crippen LogP contribution in [0.25, 0.3) is 0 Å². The number of carbonyl (C=O) groups is 2. The number of fused-ring (bicyclic) bond motifs is 1. The molecule has 0 saturated heterocycles. The van der Waals surface area contributed by atoms with Crippen molar-refractivity contribution in [2.75, 3.05) is 28.7 Å². The van der Waals surface area contributed by atoms with Crippen molar-refractivity contribution in [1.29, 1.82) is 0 Å². The zero-order valence-corrected chi connectivity index (χ0v) is 15.5. The smallest absolute Gasteiger partial charge is 0.323 e. The van der Waals surface area contributed by atoms with Gasteiger partial charge in [-0.1, -0.05) is 24.3 Å². The molecule has 0 bridgehead atoms. The number of ether oxygens (including phenoxy) is 1. The first-order chi connectivity index (χ1) is 12.9. The molecule has 3 amide bonds. The summed E-state index contributed by atoms with van der Waals surface area (Å²) in [5, 5.41) is 5.55. The summed E-state index contributed by atoms with van der Waals surface area (Å²) in [5.74, 6) is 0.525. The molecule has 6 nitrogen and oxygen atoms in total. The van der Waals surface area contributed by atoms with Gasteiger partial charge in [-0.05, 0) is 38.1 Å². The highest BCUT2D eigenvalue weighted by Crippen LogP contribution is 2.38. The van der Waals surface area contributed by atoms with Crippen molar-refractivity contribution in [2.24, 2.45) is 5.41 Å². The monoisotopic (exact) mass is 365 g/mol. The first kappa shape index (κ1) is 18.5. The lowest BCUT2D eigenvalue weighted by molar-refractivity contribution is -0.127. The van der Waals surface area contributed by atoms with Gasteiger partial charge in [0.1, 0.15) is 12.4 Å². The molecule has 1 heterocycles.